The number of hydrogen-bond acceptors (Lipinski definition) is 9. The van der Waals surface area contributed by atoms with Gasteiger partial charge in [-0.25, -0.2) is 4.79 Å². The maximum atomic E-state index is 12.5. The summed E-state index contributed by atoms with van der Waals surface area (Å²) in [6, 6.07) is 25.1. The molecule has 3 aromatic carbocycles. The van der Waals surface area contributed by atoms with Crippen LogP contribution in [0.1, 0.15) is 89.3 Å². The first-order valence-electron chi connectivity index (χ1n) is 18.2. The number of benzene rings is 3. The molecule has 0 amide bonds. The number of ether oxygens (including phenoxy) is 4. The molecule has 0 spiro atoms. The number of nitrogens with zero attached hydrogens (tertiary/aromatic N) is 1. The maximum Gasteiger partial charge on any atom is 0.330 e. The second-order valence-corrected chi connectivity index (χ2v) is 14.3. The summed E-state index contributed by atoms with van der Waals surface area (Å²) < 4.78 is 25.1. The van der Waals surface area contributed by atoms with Gasteiger partial charge in [-0.15, -0.1) is 0 Å². The van der Waals surface area contributed by atoms with E-state index in [2.05, 4.69) is 4.98 Å². The summed E-state index contributed by atoms with van der Waals surface area (Å²) in [7, 11) is 3.23. The number of carbonyl (C=O) groups is 2. The molecule has 4 aromatic rings. The van der Waals surface area contributed by atoms with Crippen LogP contribution >= 0.6 is 0 Å². The Bertz CT molecular complexity index is 1810. The van der Waals surface area contributed by atoms with Crippen molar-refractivity contribution in [1.29, 1.82) is 0 Å². The van der Waals surface area contributed by atoms with Gasteiger partial charge in [-0.2, -0.15) is 0 Å². The van der Waals surface area contributed by atoms with Gasteiger partial charge in [0, 0.05) is 31.0 Å². The Balaban J connectivity index is 0.000000476. The van der Waals surface area contributed by atoms with Gasteiger partial charge in [0.15, 0.2) is 0 Å². The minimum Gasteiger partial charge on any atom is -0.497 e. The lowest BCUT2D eigenvalue weighted by atomic mass is 9.80. The Kier molecular flexibility index (Phi) is 16.6. The van der Waals surface area contributed by atoms with Gasteiger partial charge in [-0.05, 0) is 73.6 Å². The van der Waals surface area contributed by atoms with E-state index < -0.39 is 35.3 Å². The van der Waals surface area contributed by atoms with E-state index in [1.165, 1.54) is 10.8 Å². The minimum atomic E-state index is -1.08. The van der Waals surface area contributed by atoms with E-state index >= 15 is 0 Å². The van der Waals surface area contributed by atoms with Crippen LogP contribution in [-0.2, 0) is 24.7 Å². The zero-order chi connectivity index (χ0) is 40.0. The predicted octanol–water partition coefficient (Wildman–Crippen LogP) is 6.76. The molecule has 1 aliphatic heterocycles. The number of aliphatic hydroxyl groups is 1. The number of methoxy groups -OCH3 is 2. The number of Topliss-reactive ketones (excluding diaryl/α,β-unsaturated/α-hetero) is 2. The zero-order valence-electron chi connectivity index (χ0n) is 33.0. The summed E-state index contributed by atoms with van der Waals surface area (Å²) in [5, 5.41) is 11.0. The van der Waals surface area contributed by atoms with Crippen molar-refractivity contribution in [2.45, 2.75) is 91.8 Å². The molecule has 1 aromatic heterocycles. The predicted molar refractivity (Wildman–Crippen MR) is 209 cm³/mol. The molecule has 54 heavy (non-hydrogen) atoms. The standard InChI is InChI=1S/C31H32N2O7.2C6H12O/c1-20-18-33(30(36)32-29(20)35)28-17-26(34)27(40-28)19-39-31(21-7-5-4-6-8-21,22-9-13-24(37-2)14-10-22)23-11-15-25(38-3)16-12-23;2*1-5(2)4-6(3)7/h4-16,18,26-28,34H,17,19H2,1-3H3,(H,32,35,36);2*5H,4H2,1-3H3/t26?,27-,28-;;/m1../s1. The Hall–Kier alpha value is -4.84. The van der Waals surface area contributed by atoms with Crippen LogP contribution in [0.3, 0.4) is 0 Å². The smallest absolute Gasteiger partial charge is 0.330 e. The lowest BCUT2D eigenvalue weighted by Crippen LogP contribution is -2.38. The van der Waals surface area contributed by atoms with Gasteiger partial charge >= 0.3 is 5.69 Å². The van der Waals surface area contributed by atoms with Crippen molar-refractivity contribution in [1.82, 2.24) is 9.55 Å². The molecule has 1 saturated heterocycles. The molecule has 1 aliphatic rings. The van der Waals surface area contributed by atoms with Crippen LogP contribution in [0.15, 0.2) is 94.6 Å². The van der Waals surface area contributed by atoms with E-state index in [1.54, 1.807) is 35.0 Å². The van der Waals surface area contributed by atoms with Crippen LogP contribution in [0.5, 0.6) is 11.5 Å². The molecule has 0 bridgehead atoms. The Labute approximate surface area is 318 Å². The van der Waals surface area contributed by atoms with E-state index in [4.69, 9.17) is 18.9 Å². The maximum absolute atomic E-state index is 12.5. The summed E-state index contributed by atoms with van der Waals surface area (Å²) in [5.74, 6) is 3.04. The van der Waals surface area contributed by atoms with E-state index in [0.717, 1.165) is 29.5 Å². The van der Waals surface area contributed by atoms with E-state index in [0.29, 0.717) is 28.9 Å². The molecule has 1 unspecified atom stereocenters. The molecule has 11 heteroatoms. The normalized spacial score (nSPS) is 16.6. The summed E-state index contributed by atoms with van der Waals surface area (Å²) in [6.45, 7) is 13.0. The number of aliphatic hydroxyl groups excluding tert-OH is 1. The summed E-state index contributed by atoms with van der Waals surface area (Å²) in [6.07, 6.45) is 0.681. The van der Waals surface area contributed by atoms with Crippen molar-refractivity contribution < 1.29 is 33.6 Å². The number of carbonyl (C=O) groups excluding carboxylic acids is 2. The van der Waals surface area contributed by atoms with Gasteiger partial charge in [-0.1, -0.05) is 82.3 Å². The number of hydrogen-bond donors (Lipinski definition) is 2. The van der Waals surface area contributed by atoms with Gasteiger partial charge in [-0.3, -0.25) is 14.3 Å². The van der Waals surface area contributed by atoms with Crippen molar-refractivity contribution in [2.24, 2.45) is 11.8 Å². The van der Waals surface area contributed by atoms with Crippen molar-refractivity contribution in [2.75, 3.05) is 20.8 Å². The molecule has 5 rings (SSSR count). The number of aryl methyl sites for hydroxylation is 1. The quantitative estimate of drug-likeness (QED) is 0.142. The van der Waals surface area contributed by atoms with Crippen LogP contribution in [-0.4, -0.2) is 59.3 Å². The molecule has 3 atom stereocenters. The number of H-pyrrole nitrogens is 1. The van der Waals surface area contributed by atoms with Gasteiger partial charge in [0.2, 0.25) is 0 Å². The van der Waals surface area contributed by atoms with Gasteiger partial charge in [0.05, 0.1) is 26.9 Å². The van der Waals surface area contributed by atoms with E-state index in [9.17, 15) is 24.3 Å². The van der Waals surface area contributed by atoms with E-state index in [-0.39, 0.29) is 24.6 Å². The molecule has 292 valence electrons. The second-order valence-electron chi connectivity index (χ2n) is 14.3. The van der Waals surface area contributed by atoms with Crippen molar-refractivity contribution in [3.8, 4) is 11.5 Å². The highest BCUT2D eigenvalue weighted by atomic mass is 16.6. The molecular formula is C43H56N2O9. The molecule has 0 aliphatic carbocycles. The number of rotatable bonds is 13. The first-order valence-corrected chi connectivity index (χ1v) is 18.2. The summed E-state index contributed by atoms with van der Waals surface area (Å²) >= 11 is 0. The van der Waals surface area contributed by atoms with Gasteiger partial charge < -0.3 is 33.6 Å². The average Bonchev–Trinajstić information content (AvgIpc) is 3.50. The third-order valence-corrected chi connectivity index (χ3v) is 8.69. The first-order chi connectivity index (χ1) is 25.6. The van der Waals surface area contributed by atoms with Gasteiger partial charge in [0.1, 0.15) is 41.0 Å². The summed E-state index contributed by atoms with van der Waals surface area (Å²) in [5.41, 5.74) is 0.825. The molecule has 1 fully saturated rings. The Morgan fingerprint density at radius 3 is 1.69 bits per heavy atom. The Morgan fingerprint density at radius 2 is 1.28 bits per heavy atom. The number of nitrogens with one attached hydrogen (secondary N) is 1. The van der Waals surface area contributed by atoms with E-state index in [1.807, 2.05) is 107 Å². The third-order valence-electron chi connectivity index (χ3n) is 8.69. The molecular weight excluding hydrogens is 688 g/mol. The molecule has 0 radical (unpaired) electrons. The zero-order valence-corrected chi connectivity index (χ0v) is 33.0. The average molecular weight is 745 g/mol. The molecule has 0 saturated carbocycles. The summed E-state index contributed by atoms with van der Waals surface area (Å²) in [4.78, 5) is 47.1. The van der Waals surface area contributed by atoms with Crippen LogP contribution in [0.2, 0.25) is 0 Å². The van der Waals surface area contributed by atoms with Crippen molar-refractivity contribution in [3.05, 3.63) is 128 Å². The highest BCUT2D eigenvalue weighted by molar-refractivity contribution is 5.75. The molecule has 11 nitrogen and oxygen atoms in total. The van der Waals surface area contributed by atoms with Crippen LogP contribution < -0.4 is 20.7 Å². The van der Waals surface area contributed by atoms with Crippen molar-refractivity contribution in [3.63, 3.8) is 0 Å². The monoisotopic (exact) mass is 744 g/mol. The van der Waals surface area contributed by atoms with Crippen LogP contribution in [0.4, 0.5) is 0 Å². The fraction of sp³-hybridized carbons (Fsp3) is 0.442. The minimum absolute atomic E-state index is 0.0156. The molecule has 2 heterocycles. The van der Waals surface area contributed by atoms with Crippen LogP contribution in [0.25, 0.3) is 0 Å². The first kappa shape index (κ1) is 43.6. The number of aromatic amines is 1. The number of ketones is 2. The lowest BCUT2D eigenvalue weighted by Gasteiger charge is -2.37. The lowest BCUT2D eigenvalue weighted by molar-refractivity contribution is -0.118. The fourth-order valence-electron chi connectivity index (χ4n) is 6.27. The van der Waals surface area contributed by atoms with Gasteiger partial charge in [0.25, 0.3) is 5.56 Å². The molecule has 2 N–H and O–H groups in total. The topological polar surface area (TPSA) is 146 Å². The SMILES string of the molecule is CC(=O)CC(C)C.CC(=O)CC(C)C.COc1ccc(C(OC[C@H]2O[C@@H](n3cc(C)c(=O)[nH]c3=O)CC2O)(c2ccccc2)c2ccc(OC)cc2)cc1. The highest BCUT2D eigenvalue weighted by Gasteiger charge is 2.42. The fourth-order valence-corrected chi connectivity index (χ4v) is 6.27. The van der Waals surface area contributed by atoms with Crippen LogP contribution in [0, 0.1) is 18.8 Å². The van der Waals surface area contributed by atoms with Crippen molar-refractivity contribution >= 4 is 11.6 Å². The Morgan fingerprint density at radius 1 is 0.815 bits per heavy atom. The number of aromatic nitrogens is 2. The highest BCUT2D eigenvalue weighted by Crippen LogP contribution is 2.42. The largest absolute Gasteiger partial charge is 0.497 e. The second kappa shape index (κ2) is 20.6. The third kappa shape index (κ3) is 12.1.